The fourth-order valence-electron chi connectivity index (χ4n) is 3.41. The van der Waals surface area contributed by atoms with Crippen LogP contribution in [0.15, 0.2) is 72.9 Å². The quantitative estimate of drug-likeness (QED) is 0.394. The van der Waals surface area contributed by atoms with Crippen molar-refractivity contribution < 1.29 is 9.53 Å². The molecule has 6 heteroatoms. The number of ether oxygens (including phenoxy) is 1. The van der Waals surface area contributed by atoms with E-state index in [1.807, 2.05) is 36.4 Å². The van der Waals surface area contributed by atoms with Crippen molar-refractivity contribution >= 4 is 34.0 Å². The number of anilines is 1. The van der Waals surface area contributed by atoms with Crippen LogP contribution in [0.1, 0.15) is 27.5 Å². The number of carbonyl (C=O) groups excluding carboxylic acids is 1. The molecule has 0 radical (unpaired) electrons. The summed E-state index contributed by atoms with van der Waals surface area (Å²) in [6, 6.07) is 21.3. The van der Waals surface area contributed by atoms with Crippen LogP contribution in [-0.2, 0) is 0 Å². The van der Waals surface area contributed by atoms with Crippen molar-refractivity contribution in [2.75, 3.05) is 12.4 Å². The van der Waals surface area contributed by atoms with E-state index in [0.29, 0.717) is 21.9 Å². The molecule has 148 valence electrons. The Morgan fingerprint density at radius 3 is 2.63 bits per heavy atom. The normalized spacial score (nSPS) is 11.6. The van der Waals surface area contributed by atoms with Gasteiger partial charge in [-0.05, 0) is 35.9 Å². The first-order chi connectivity index (χ1) is 14.6. The molecule has 4 aromatic rings. The summed E-state index contributed by atoms with van der Waals surface area (Å²) in [5.74, 6) is 0.570. The van der Waals surface area contributed by atoms with Gasteiger partial charge in [0.05, 0.1) is 29.3 Å². The van der Waals surface area contributed by atoms with E-state index in [0.717, 1.165) is 22.2 Å². The molecule has 0 saturated carbocycles. The lowest BCUT2D eigenvalue weighted by Gasteiger charge is -2.20. The van der Waals surface area contributed by atoms with Crippen LogP contribution in [-0.4, -0.2) is 17.9 Å². The molecular formula is C24H18ClN3O2. The van der Waals surface area contributed by atoms with Gasteiger partial charge in [-0.15, -0.1) is 0 Å². The predicted octanol–water partition coefficient (Wildman–Crippen LogP) is 5.74. The van der Waals surface area contributed by atoms with Crippen molar-refractivity contribution in [2.24, 2.45) is 0 Å². The Kier molecular flexibility index (Phi) is 5.42. The maximum Gasteiger partial charge on any atom is 0.191 e. The van der Waals surface area contributed by atoms with E-state index in [1.165, 1.54) is 0 Å². The summed E-state index contributed by atoms with van der Waals surface area (Å²) in [5, 5.41) is 13.7. The number of rotatable bonds is 6. The fraction of sp³-hybridized carbons (Fsp3) is 0.0833. The van der Waals surface area contributed by atoms with Crippen molar-refractivity contribution in [3.63, 3.8) is 0 Å². The Hall–Kier alpha value is -3.75. The lowest BCUT2D eigenvalue weighted by molar-refractivity contribution is 0.0971. The molecule has 2 N–H and O–H groups in total. The SMILES string of the molecule is COc1cccc(NC(C(=O)c2c[nH]c3c(Cl)cccc23)c2ccc(C#N)cc2)c1. The van der Waals surface area contributed by atoms with E-state index in [9.17, 15) is 4.79 Å². The van der Waals surface area contributed by atoms with Gasteiger partial charge in [0.2, 0.25) is 0 Å². The monoisotopic (exact) mass is 415 g/mol. The van der Waals surface area contributed by atoms with Crippen LogP contribution in [0.3, 0.4) is 0 Å². The van der Waals surface area contributed by atoms with Crippen molar-refractivity contribution in [1.82, 2.24) is 4.98 Å². The molecule has 3 aromatic carbocycles. The molecule has 0 saturated heterocycles. The first kappa shape index (κ1) is 19.6. The van der Waals surface area contributed by atoms with Crippen LogP contribution < -0.4 is 10.1 Å². The zero-order valence-corrected chi connectivity index (χ0v) is 16.9. The summed E-state index contributed by atoms with van der Waals surface area (Å²) in [6.07, 6.45) is 1.68. The number of H-pyrrole nitrogens is 1. The van der Waals surface area contributed by atoms with Gasteiger partial charge in [-0.2, -0.15) is 5.26 Å². The molecule has 4 rings (SSSR count). The highest BCUT2D eigenvalue weighted by molar-refractivity contribution is 6.35. The zero-order valence-electron chi connectivity index (χ0n) is 16.1. The number of ketones is 1. The first-order valence-corrected chi connectivity index (χ1v) is 9.69. The molecule has 5 nitrogen and oxygen atoms in total. The summed E-state index contributed by atoms with van der Waals surface area (Å²) in [5.41, 5.74) is 3.29. The lowest BCUT2D eigenvalue weighted by Crippen LogP contribution is -2.21. The number of carbonyl (C=O) groups is 1. The molecule has 1 unspecified atom stereocenters. The number of halogens is 1. The van der Waals surface area contributed by atoms with Gasteiger partial charge in [0, 0.05) is 28.9 Å². The Labute approximate surface area is 178 Å². The minimum Gasteiger partial charge on any atom is -0.497 e. The van der Waals surface area contributed by atoms with E-state index in [4.69, 9.17) is 21.6 Å². The Bertz CT molecular complexity index is 1260. The Balaban J connectivity index is 1.77. The number of nitrogens with one attached hydrogen (secondary N) is 2. The summed E-state index contributed by atoms with van der Waals surface area (Å²) < 4.78 is 5.30. The lowest BCUT2D eigenvalue weighted by atomic mass is 9.96. The summed E-state index contributed by atoms with van der Waals surface area (Å²) >= 11 is 6.27. The average Bonchev–Trinajstić information content (AvgIpc) is 3.23. The second kappa shape index (κ2) is 8.32. The molecule has 1 aromatic heterocycles. The predicted molar refractivity (Wildman–Crippen MR) is 118 cm³/mol. The number of fused-ring (bicyclic) bond motifs is 1. The van der Waals surface area contributed by atoms with Crippen LogP contribution in [0.4, 0.5) is 5.69 Å². The minimum absolute atomic E-state index is 0.115. The highest BCUT2D eigenvalue weighted by Gasteiger charge is 2.25. The van der Waals surface area contributed by atoms with Crippen LogP contribution in [0.2, 0.25) is 5.02 Å². The van der Waals surface area contributed by atoms with Gasteiger partial charge in [-0.1, -0.05) is 41.9 Å². The van der Waals surface area contributed by atoms with Crippen molar-refractivity contribution in [1.29, 1.82) is 5.26 Å². The number of nitrogens with zero attached hydrogens (tertiary/aromatic N) is 1. The Morgan fingerprint density at radius 1 is 1.13 bits per heavy atom. The zero-order chi connectivity index (χ0) is 21.1. The molecule has 0 aliphatic rings. The number of aromatic amines is 1. The van der Waals surface area contributed by atoms with E-state index in [-0.39, 0.29) is 5.78 Å². The van der Waals surface area contributed by atoms with Gasteiger partial charge in [0.15, 0.2) is 5.78 Å². The van der Waals surface area contributed by atoms with Crippen LogP contribution >= 0.6 is 11.6 Å². The van der Waals surface area contributed by atoms with E-state index >= 15 is 0 Å². The average molecular weight is 416 g/mol. The number of hydrogen-bond acceptors (Lipinski definition) is 4. The third-order valence-corrected chi connectivity index (χ3v) is 5.26. The molecule has 0 fully saturated rings. The smallest absolute Gasteiger partial charge is 0.191 e. The molecule has 0 amide bonds. The van der Waals surface area contributed by atoms with E-state index in [2.05, 4.69) is 16.4 Å². The second-order valence-corrected chi connectivity index (χ2v) is 7.18. The van der Waals surface area contributed by atoms with Crippen LogP contribution in [0.5, 0.6) is 5.75 Å². The fourth-order valence-corrected chi connectivity index (χ4v) is 3.64. The number of aromatic nitrogens is 1. The number of para-hydroxylation sites is 1. The topological polar surface area (TPSA) is 77.9 Å². The molecule has 1 atom stereocenters. The molecule has 0 aliphatic heterocycles. The van der Waals surface area contributed by atoms with Crippen molar-refractivity contribution in [3.05, 3.63) is 94.6 Å². The summed E-state index contributed by atoms with van der Waals surface area (Å²) in [6.45, 7) is 0. The maximum absolute atomic E-state index is 13.6. The third-order valence-electron chi connectivity index (χ3n) is 4.95. The van der Waals surface area contributed by atoms with Gasteiger partial charge in [0.1, 0.15) is 11.8 Å². The molecule has 0 aliphatic carbocycles. The molecule has 30 heavy (non-hydrogen) atoms. The highest BCUT2D eigenvalue weighted by Crippen LogP contribution is 2.31. The van der Waals surface area contributed by atoms with Gasteiger partial charge in [0.25, 0.3) is 0 Å². The number of hydrogen-bond donors (Lipinski definition) is 2. The molecular weight excluding hydrogens is 398 g/mol. The number of benzene rings is 3. The van der Waals surface area contributed by atoms with Gasteiger partial charge in [-0.25, -0.2) is 0 Å². The second-order valence-electron chi connectivity index (χ2n) is 6.77. The van der Waals surface area contributed by atoms with Gasteiger partial charge >= 0.3 is 0 Å². The minimum atomic E-state index is -0.664. The summed E-state index contributed by atoms with van der Waals surface area (Å²) in [7, 11) is 1.60. The molecule has 0 bridgehead atoms. The highest BCUT2D eigenvalue weighted by atomic mass is 35.5. The number of Topliss-reactive ketones (excluding diaryl/α,β-unsaturated/α-hetero) is 1. The van der Waals surface area contributed by atoms with Crippen LogP contribution in [0, 0.1) is 11.3 Å². The number of methoxy groups -OCH3 is 1. The van der Waals surface area contributed by atoms with E-state index in [1.54, 1.807) is 43.6 Å². The molecule has 0 spiro atoms. The van der Waals surface area contributed by atoms with Crippen molar-refractivity contribution in [3.8, 4) is 11.8 Å². The maximum atomic E-state index is 13.6. The van der Waals surface area contributed by atoms with E-state index < -0.39 is 6.04 Å². The Morgan fingerprint density at radius 2 is 1.90 bits per heavy atom. The van der Waals surface area contributed by atoms with Crippen LogP contribution in [0.25, 0.3) is 10.9 Å². The molecule has 1 heterocycles. The largest absolute Gasteiger partial charge is 0.497 e. The van der Waals surface area contributed by atoms with Gasteiger partial charge < -0.3 is 15.0 Å². The number of nitriles is 1. The van der Waals surface area contributed by atoms with Gasteiger partial charge in [-0.3, -0.25) is 4.79 Å². The standard InChI is InChI=1S/C24H18ClN3O2/c1-30-18-5-2-4-17(12-18)28-22(16-10-8-15(13-26)9-11-16)24(29)20-14-27-23-19(20)6-3-7-21(23)25/h2-12,14,22,27-28H,1H3. The van der Waals surface area contributed by atoms with Crippen molar-refractivity contribution in [2.45, 2.75) is 6.04 Å². The first-order valence-electron chi connectivity index (χ1n) is 9.31. The summed E-state index contributed by atoms with van der Waals surface area (Å²) in [4.78, 5) is 16.7. The third kappa shape index (κ3) is 3.73.